The van der Waals surface area contributed by atoms with Crippen molar-refractivity contribution in [1.82, 2.24) is 0 Å². The zero-order valence-corrected chi connectivity index (χ0v) is 12.3. The van der Waals surface area contributed by atoms with Crippen LogP contribution in [0.5, 0.6) is 0 Å². The van der Waals surface area contributed by atoms with Gasteiger partial charge < -0.3 is 4.43 Å². The summed E-state index contributed by atoms with van der Waals surface area (Å²) in [6.07, 6.45) is 0.698. The van der Waals surface area contributed by atoms with E-state index >= 15 is 0 Å². The molecule has 90 valence electrons. The van der Waals surface area contributed by atoms with Crippen LogP contribution in [0.4, 0.5) is 0 Å². The highest BCUT2D eigenvalue weighted by Crippen LogP contribution is 2.22. The molecule has 0 aliphatic rings. The molecule has 0 aromatic carbocycles. The van der Waals surface area contributed by atoms with Crippen LogP contribution in [0, 0.1) is 11.8 Å². The molecular weight excluding hydrogens is 204 g/mol. The van der Waals surface area contributed by atoms with Crippen LogP contribution in [0.1, 0.15) is 34.1 Å². The van der Waals surface area contributed by atoms with Crippen molar-refractivity contribution in [3.05, 3.63) is 0 Å². The Morgan fingerprint density at radius 3 is 1.93 bits per heavy atom. The molecule has 0 heterocycles. The van der Waals surface area contributed by atoms with Crippen molar-refractivity contribution < 1.29 is 9.22 Å². The zero-order valence-electron chi connectivity index (χ0n) is 11.3. The first-order valence-electron chi connectivity index (χ1n) is 5.89. The summed E-state index contributed by atoms with van der Waals surface area (Å²) >= 11 is 0. The fourth-order valence-electron chi connectivity index (χ4n) is 1.73. The fourth-order valence-corrected chi connectivity index (χ4v) is 3.02. The van der Waals surface area contributed by atoms with Crippen LogP contribution in [0.3, 0.4) is 0 Å². The average Bonchev–Trinajstić information content (AvgIpc) is 2.10. The van der Waals surface area contributed by atoms with Crippen LogP contribution >= 0.6 is 0 Å². The normalized spacial score (nSPS) is 16.5. The Labute approximate surface area is 95.5 Å². The first-order valence-corrected chi connectivity index (χ1v) is 9.30. The maximum absolute atomic E-state index is 11.7. The van der Waals surface area contributed by atoms with E-state index in [4.69, 9.17) is 4.43 Å². The molecule has 0 aromatic rings. The minimum atomic E-state index is -1.56. The van der Waals surface area contributed by atoms with E-state index in [1.54, 1.807) is 0 Å². The highest BCUT2D eigenvalue weighted by Gasteiger charge is 2.30. The van der Waals surface area contributed by atoms with Gasteiger partial charge in [0.15, 0.2) is 8.32 Å². The minimum absolute atomic E-state index is 0.0294. The molecule has 0 bridgehead atoms. The second-order valence-electron chi connectivity index (χ2n) is 5.55. The molecule has 0 saturated carbocycles. The Morgan fingerprint density at radius 2 is 1.67 bits per heavy atom. The number of Topliss-reactive ketones (excluding diaryl/α,β-unsaturated/α-hetero) is 1. The van der Waals surface area contributed by atoms with E-state index in [1.807, 2.05) is 13.8 Å². The number of hydrogen-bond acceptors (Lipinski definition) is 2. The van der Waals surface area contributed by atoms with Gasteiger partial charge in [0.2, 0.25) is 0 Å². The molecule has 0 aliphatic carbocycles. The van der Waals surface area contributed by atoms with Crippen molar-refractivity contribution in [3.63, 3.8) is 0 Å². The first-order chi connectivity index (χ1) is 6.69. The van der Waals surface area contributed by atoms with E-state index in [-0.39, 0.29) is 12.0 Å². The number of carbonyl (C=O) groups excluding carboxylic acids is 1. The molecule has 0 radical (unpaired) electrons. The lowest BCUT2D eigenvalue weighted by Gasteiger charge is -2.32. The molecule has 15 heavy (non-hydrogen) atoms. The Kier molecular flexibility index (Phi) is 5.74. The molecule has 0 fully saturated rings. The van der Waals surface area contributed by atoms with Crippen molar-refractivity contribution in [1.29, 1.82) is 0 Å². The molecule has 0 aliphatic heterocycles. The predicted octanol–water partition coefficient (Wildman–Crippen LogP) is 3.48. The molecule has 0 rings (SSSR count). The molecule has 2 nitrogen and oxygen atoms in total. The average molecular weight is 230 g/mol. The van der Waals surface area contributed by atoms with Crippen molar-refractivity contribution in [2.24, 2.45) is 11.8 Å². The third kappa shape index (κ3) is 5.47. The van der Waals surface area contributed by atoms with E-state index in [2.05, 4.69) is 33.5 Å². The molecule has 2 atom stereocenters. The molecule has 0 N–H and O–H groups in total. The molecule has 0 saturated heterocycles. The van der Waals surface area contributed by atoms with Gasteiger partial charge in [0.25, 0.3) is 0 Å². The standard InChI is InChI=1S/C12H26O2Si/c1-8-11(13)10(4)12(9(2)3)14-15(5,6)7/h9-10,12H,8H2,1-7H3/t10-,12-/m1/s1. The van der Waals surface area contributed by atoms with Crippen LogP contribution in [0.15, 0.2) is 0 Å². The van der Waals surface area contributed by atoms with Gasteiger partial charge in [-0.15, -0.1) is 0 Å². The molecule has 0 unspecified atom stereocenters. The van der Waals surface area contributed by atoms with Crippen LogP contribution < -0.4 is 0 Å². The minimum Gasteiger partial charge on any atom is -0.414 e. The maximum atomic E-state index is 11.7. The van der Waals surface area contributed by atoms with Crippen molar-refractivity contribution in [3.8, 4) is 0 Å². The van der Waals surface area contributed by atoms with Crippen LogP contribution in [0.25, 0.3) is 0 Å². The lowest BCUT2D eigenvalue weighted by Crippen LogP contribution is -2.41. The van der Waals surface area contributed by atoms with Crippen LogP contribution in [-0.2, 0) is 9.22 Å². The number of rotatable bonds is 6. The van der Waals surface area contributed by atoms with Crippen molar-refractivity contribution >= 4 is 14.1 Å². The van der Waals surface area contributed by atoms with Crippen LogP contribution in [0.2, 0.25) is 19.6 Å². The topological polar surface area (TPSA) is 26.3 Å². The first kappa shape index (κ1) is 14.8. The molecule has 3 heteroatoms. The van der Waals surface area contributed by atoms with E-state index in [0.29, 0.717) is 18.1 Å². The third-order valence-corrected chi connectivity index (χ3v) is 3.48. The summed E-state index contributed by atoms with van der Waals surface area (Å²) in [4.78, 5) is 11.7. The summed E-state index contributed by atoms with van der Waals surface area (Å²) in [6, 6.07) is 0. The monoisotopic (exact) mass is 230 g/mol. The largest absolute Gasteiger partial charge is 0.414 e. The second-order valence-corrected chi connectivity index (χ2v) is 10.0. The maximum Gasteiger partial charge on any atom is 0.184 e. The zero-order chi connectivity index (χ0) is 12.2. The highest BCUT2D eigenvalue weighted by atomic mass is 28.4. The van der Waals surface area contributed by atoms with E-state index < -0.39 is 8.32 Å². The van der Waals surface area contributed by atoms with E-state index in [0.717, 1.165) is 0 Å². The number of carbonyl (C=O) groups is 1. The van der Waals surface area contributed by atoms with Gasteiger partial charge in [0, 0.05) is 12.3 Å². The van der Waals surface area contributed by atoms with Gasteiger partial charge in [-0.2, -0.15) is 0 Å². The lowest BCUT2D eigenvalue weighted by atomic mass is 9.90. The van der Waals surface area contributed by atoms with Crippen LogP contribution in [-0.4, -0.2) is 20.2 Å². The Morgan fingerprint density at radius 1 is 1.20 bits per heavy atom. The van der Waals surface area contributed by atoms with E-state index in [1.165, 1.54) is 0 Å². The van der Waals surface area contributed by atoms with Gasteiger partial charge in [0.1, 0.15) is 5.78 Å². The summed E-state index contributed by atoms with van der Waals surface area (Å²) in [6.45, 7) is 14.7. The van der Waals surface area contributed by atoms with Gasteiger partial charge in [0.05, 0.1) is 6.10 Å². The van der Waals surface area contributed by atoms with Gasteiger partial charge in [-0.05, 0) is 25.6 Å². The lowest BCUT2D eigenvalue weighted by molar-refractivity contribution is -0.125. The van der Waals surface area contributed by atoms with Gasteiger partial charge in [-0.3, -0.25) is 4.79 Å². The van der Waals surface area contributed by atoms with E-state index in [9.17, 15) is 4.79 Å². The summed E-state index contributed by atoms with van der Waals surface area (Å²) in [5.74, 6) is 0.746. The third-order valence-electron chi connectivity index (χ3n) is 2.50. The molecule has 0 aromatic heterocycles. The Bertz CT molecular complexity index is 206. The SMILES string of the molecule is CCC(=O)[C@@H](C)[C@H](O[Si](C)(C)C)C(C)C. The predicted molar refractivity (Wildman–Crippen MR) is 67.5 cm³/mol. The highest BCUT2D eigenvalue weighted by molar-refractivity contribution is 6.69. The molecule has 0 spiro atoms. The smallest absolute Gasteiger partial charge is 0.184 e. The molecule has 0 amide bonds. The van der Waals surface area contributed by atoms with Gasteiger partial charge >= 0.3 is 0 Å². The van der Waals surface area contributed by atoms with Gasteiger partial charge in [-0.25, -0.2) is 0 Å². The summed E-state index contributed by atoms with van der Waals surface area (Å²) in [5.41, 5.74) is 0. The fraction of sp³-hybridized carbons (Fsp3) is 0.917. The number of hydrogen-bond donors (Lipinski definition) is 0. The van der Waals surface area contributed by atoms with Crippen molar-refractivity contribution in [2.45, 2.75) is 59.9 Å². The summed E-state index contributed by atoms with van der Waals surface area (Å²) < 4.78 is 6.10. The molecular formula is C12H26O2Si. The second kappa shape index (κ2) is 5.80. The van der Waals surface area contributed by atoms with Gasteiger partial charge in [-0.1, -0.05) is 27.7 Å². The summed E-state index contributed by atoms with van der Waals surface area (Å²) in [7, 11) is -1.56. The Hall–Kier alpha value is -0.153. The quantitative estimate of drug-likeness (QED) is 0.653. The summed E-state index contributed by atoms with van der Waals surface area (Å²) in [5, 5.41) is 0. The Balaban J connectivity index is 4.60. The number of ketones is 1. The van der Waals surface area contributed by atoms with Crippen molar-refractivity contribution in [2.75, 3.05) is 0 Å².